The second-order valence-electron chi connectivity index (χ2n) is 10.2. The summed E-state index contributed by atoms with van der Waals surface area (Å²) in [5, 5.41) is 10.5. The molecular formula is C27H44N2O3. The Morgan fingerprint density at radius 2 is 1.62 bits per heavy atom. The maximum Gasteiger partial charge on any atom is 0.238 e. The van der Waals surface area contributed by atoms with E-state index in [1.165, 1.54) is 16.7 Å². The fraction of sp³-hybridized carbons (Fsp3) is 0.667. The maximum atomic E-state index is 12.5. The van der Waals surface area contributed by atoms with Crippen molar-refractivity contribution in [3.8, 4) is 0 Å². The van der Waals surface area contributed by atoms with E-state index in [9.17, 15) is 9.90 Å². The Labute approximate surface area is 195 Å². The molecule has 2 aliphatic rings. The Bertz CT molecular complexity index is 817. The van der Waals surface area contributed by atoms with E-state index in [1.54, 1.807) is 7.11 Å². The van der Waals surface area contributed by atoms with E-state index in [-0.39, 0.29) is 29.4 Å². The zero-order valence-electron chi connectivity index (χ0n) is 21.4. The number of ether oxygens (including phenoxy) is 1. The smallest absolute Gasteiger partial charge is 0.238 e. The summed E-state index contributed by atoms with van der Waals surface area (Å²) in [6.45, 7) is 14.8. The topological polar surface area (TPSA) is 70.6 Å². The van der Waals surface area contributed by atoms with Crippen molar-refractivity contribution in [2.24, 2.45) is 10.8 Å². The zero-order valence-corrected chi connectivity index (χ0v) is 21.4. The molecule has 0 aromatic rings. The van der Waals surface area contributed by atoms with Gasteiger partial charge >= 0.3 is 0 Å². The summed E-state index contributed by atoms with van der Waals surface area (Å²) in [5.74, 6) is -0.0538. The maximum absolute atomic E-state index is 12.5. The van der Waals surface area contributed by atoms with Gasteiger partial charge in [-0.1, -0.05) is 53.5 Å². The minimum Gasteiger partial charge on any atom is -0.396 e. The largest absolute Gasteiger partial charge is 0.396 e. The summed E-state index contributed by atoms with van der Waals surface area (Å²) in [6.07, 6.45) is 12.5. The van der Waals surface area contributed by atoms with Crippen LogP contribution in [0.15, 0.2) is 46.6 Å². The van der Waals surface area contributed by atoms with Crippen molar-refractivity contribution < 1.29 is 14.6 Å². The first-order valence-electron chi connectivity index (χ1n) is 11.8. The number of carbonyl (C=O) groups is 1. The van der Waals surface area contributed by atoms with Crippen LogP contribution in [0.3, 0.4) is 0 Å². The summed E-state index contributed by atoms with van der Waals surface area (Å²) in [7, 11) is 1.73. The van der Waals surface area contributed by atoms with Crippen LogP contribution in [0.5, 0.6) is 0 Å². The molecule has 32 heavy (non-hydrogen) atoms. The van der Waals surface area contributed by atoms with Gasteiger partial charge in [0, 0.05) is 24.4 Å². The van der Waals surface area contributed by atoms with Gasteiger partial charge in [0.05, 0.1) is 12.6 Å². The molecule has 4 atom stereocenters. The fourth-order valence-corrected chi connectivity index (χ4v) is 6.03. The number of carbonyl (C=O) groups excluding carboxylic acids is 1. The molecule has 5 heteroatoms. The third-order valence-corrected chi connectivity index (χ3v) is 7.85. The first kappa shape index (κ1) is 26.6. The average Bonchev–Trinajstić information content (AvgIpc) is 3.00. The molecule has 180 valence electrons. The molecule has 0 aliphatic heterocycles. The molecule has 2 unspecified atom stereocenters. The second-order valence-corrected chi connectivity index (χ2v) is 10.2. The van der Waals surface area contributed by atoms with Crippen molar-refractivity contribution in [1.29, 1.82) is 0 Å². The molecule has 0 radical (unpaired) electrons. The van der Waals surface area contributed by atoms with Crippen LogP contribution in [0, 0.1) is 10.8 Å². The lowest BCUT2D eigenvalue weighted by Gasteiger charge is -2.30. The Morgan fingerprint density at radius 1 is 1.03 bits per heavy atom. The quantitative estimate of drug-likeness (QED) is 0.304. The van der Waals surface area contributed by atoms with E-state index in [1.807, 2.05) is 6.92 Å². The molecule has 3 N–H and O–H groups in total. The van der Waals surface area contributed by atoms with Gasteiger partial charge in [0.1, 0.15) is 5.60 Å². The van der Waals surface area contributed by atoms with Crippen LogP contribution in [0.2, 0.25) is 0 Å². The van der Waals surface area contributed by atoms with Crippen molar-refractivity contribution in [3.05, 3.63) is 46.6 Å². The van der Waals surface area contributed by atoms with Crippen LogP contribution in [0.25, 0.3) is 0 Å². The van der Waals surface area contributed by atoms with E-state index in [0.717, 1.165) is 31.3 Å². The molecule has 0 bridgehead atoms. The summed E-state index contributed by atoms with van der Waals surface area (Å²) in [6, 6.07) is -0.0598. The lowest BCUT2D eigenvalue weighted by atomic mass is 9.82. The molecule has 2 rings (SSSR count). The average molecular weight is 445 g/mol. The molecule has 5 nitrogen and oxygen atoms in total. The number of aliphatic hydroxyl groups is 1. The van der Waals surface area contributed by atoms with Gasteiger partial charge in [-0.2, -0.15) is 0 Å². The lowest BCUT2D eigenvalue weighted by molar-refractivity contribution is -0.122. The number of allylic oxidation sites excluding steroid dienone is 6. The highest BCUT2D eigenvalue weighted by atomic mass is 16.5. The van der Waals surface area contributed by atoms with Gasteiger partial charge in [-0.3, -0.25) is 10.2 Å². The highest BCUT2D eigenvalue weighted by molar-refractivity contribution is 5.78. The van der Waals surface area contributed by atoms with E-state index < -0.39 is 5.60 Å². The first-order chi connectivity index (χ1) is 15.0. The van der Waals surface area contributed by atoms with E-state index >= 15 is 0 Å². The van der Waals surface area contributed by atoms with Crippen LogP contribution in [-0.2, 0) is 9.53 Å². The lowest BCUT2D eigenvalue weighted by Crippen LogP contribution is -2.52. The molecule has 2 saturated carbocycles. The van der Waals surface area contributed by atoms with Gasteiger partial charge in [0.2, 0.25) is 5.91 Å². The number of nitrogens with one attached hydrogen (secondary N) is 2. The number of methoxy groups -OCH3 is 1. The van der Waals surface area contributed by atoms with Crippen molar-refractivity contribution in [1.82, 2.24) is 10.9 Å². The monoisotopic (exact) mass is 444 g/mol. The molecule has 1 amide bonds. The molecule has 0 aromatic carbocycles. The predicted molar refractivity (Wildman–Crippen MR) is 132 cm³/mol. The predicted octanol–water partition coefficient (Wildman–Crippen LogP) is 5.15. The minimum atomic E-state index is -0.540. The van der Waals surface area contributed by atoms with Crippen molar-refractivity contribution in [2.75, 3.05) is 13.7 Å². The van der Waals surface area contributed by atoms with E-state index in [0.29, 0.717) is 6.42 Å². The van der Waals surface area contributed by atoms with Crippen LogP contribution in [0.1, 0.15) is 80.6 Å². The molecule has 2 fully saturated rings. The van der Waals surface area contributed by atoms with Gasteiger partial charge in [0.25, 0.3) is 0 Å². The fourth-order valence-electron chi connectivity index (χ4n) is 6.03. The molecule has 2 aliphatic carbocycles. The Balaban J connectivity index is 2.10. The van der Waals surface area contributed by atoms with Gasteiger partial charge < -0.3 is 9.84 Å². The van der Waals surface area contributed by atoms with Gasteiger partial charge in [-0.05, 0) is 67.2 Å². The summed E-state index contributed by atoms with van der Waals surface area (Å²) in [5.41, 5.74) is 9.89. The zero-order chi connectivity index (χ0) is 24.2. The molecule has 0 spiro atoms. The number of hydrogen-bond acceptors (Lipinski definition) is 4. The summed E-state index contributed by atoms with van der Waals surface area (Å²) >= 11 is 0. The minimum absolute atomic E-state index is 0.0538. The van der Waals surface area contributed by atoms with Crippen LogP contribution in [-0.4, -0.2) is 36.4 Å². The van der Waals surface area contributed by atoms with E-state index in [2.05, 4.69) is 76.7 Å². The third-order valence-electron chi connectivity index (χ3n) is 7.85. The van der Waals surface area contributed by atoms with Gasteiger partial charge in [-0.15, -0.1) is 0 Å². The van der Waals surface area contributed by atoms with Crippen LogP contribution < -0.4 is 10.9 Å². The van der Waals surface area contributed by atoms with Gasteiger partial charge in [0.15, 0.2) is 0 Å². The second kappa shape index (κ2) is 10.5. The van der Waals surface area contributed by atoms with Crippen LogP contribution in [0.4, 0.5) is 0 Å². The number of amides is 1. The summed E-state index contributed by atoms with van der Waals surface area (Å²) in [4.78, 5) is 12.5. The number of fused-ring (bicyclic) bond motifs is 1. The molecular weight excluding hydrogens is 400 g/mol. The number of hydrazine groups is 1. The number of rotatable bonds is 11. The van der Waals surface area contributed by atoms with E-state index in [4.69, 9.17) is 4.74 Å². The Kier molecular flexibility index (Phi) is 8.71. The van der Waals surface area contributed by atoms with Crippen molar-refractivity contribution in [3.63, 3.8) is 0 Å². The number of aliphatic hydroxyl groups excluding tert-OH is 1. The van der Waals surface area contributed by atoms with Crippen molar-refractivity contribution in [2.45, 2.75) is 92.2 Å². The molecule has 0 heterocycles. The number of hydrogen-bond donors (Lipinski definition) is 3. The molecule has 0 aromatic heterocycles. The highest BCUT2D eigenvalue weighted by Crippen LogP contribution is 2.82. The SMILES string of the molecule is CO[C@]12C(NNC(=O)C/C(C)=C/CC=C(C)C)CCC1(CO)[C@@]2(C)/C(C)=C/CC=C(C)C. The first-order valence-corrected chi connectivity index (χ1v) is 11.8. The third kappa shape index (κ3) is 4.52. The molecule has 0 saturated heterocycles. The van der Waals surface area contributed by atoms with Crippen molar-refractivity contribution >= 4 is 5.91 Å². The Hall–Kier alpha value is -1.69. The highest BCUT2D eigenvalue weighted by Gasteiger charge is 2.90. The normalized spacial score (nSPS) is 31.7. The summed E-state index contributed by atoms with van der Waals surface area (Å²) < 4.78 is 6.18. The Morgan fingerprint density at radius 3 is 2.16 bits per heavy atom. The van der Waals surface area contributed by atoms with Crippen LogP contribution >= 0.6 is 0 Å². The standard InChI is InChI=1S/C27H44N2O3/c1-19(2)11-9-13-21(5)17-24(31)29-28-23-15-16-26(18-30)25(7,27(23,26)32-8)22(6)14-10-12-20(3)4/h11-14,23,28,30H,9-10,15-18H2,1-8H3,(H,29,31)/b21-13+,22-14+/t23?,25-,26?,27+/m1/s1. The van der Waals surface area contributed by atoms with Gasteiger partial charge in [-0.25, -0.2) is 5.43 Å².